The predicted molar refractivity (Wildman–Crippen MR) is 96.6 cm³/mol. The van der Waals surface area contributed by atoms with Gasteiger partial charge in [0.1, 0.15) is 12.4 Å². The van der Waals surface area contributed by atoms with Crippen LogP contribution in [0.15, 0.2) is 78.9 Å². The van der Waals surface area contributed by atoms with E-state index >= 15 is 0 Å². The third-order valence-corrected chi connectivity index (χ3v) is 4.46. The summed E-state index contributed by atoms with van der Waals surface area (Å²) < 4.78 is 5.95. The third kappa shape index (κ3) is 3.50. The average Bonchev–Trinajstić information content (AvgIpc) is 3.03. The van der Waals surface area contributed by atoms with Crippen molar-refractivity contribution in [2.45, 2.75) is 26.2 Å². The lowest BCUT2D eigenvalue weighted by molar-refractivity contribution is 0.275. The lowest BCUT2D eigenvalue weighted by atomic mass is 10.1. The van der Waals surface area contributed by atoms with Gasteiger partial charge in [0, 0.05) is 19.6 Å². The average molecular weight is 315 g/mol. The fraction of sp³-hybridized carbons (Fsp3) is 0.182. The van der Waals surface area contributed by atoms with E-state index in [2.05, 4.69) is 65.6 Å². The Morgan fingerprint density at radius 2 is 1.38 bits per heavy atom. The minimum atomic E-state index is 0.618. The van der Waals surface area contributed by atoms with E-state index in [0.717, 1.165) is 25.4 Å². The van der Waals surface area contributed by atoms with E-state index in [0.29, 0.717) is 6.61 Å². The topological polar surface area (TPSA) is 12.5 Å². The van der Waals surface area contributed by atoms with Gasteiger partial charge in [-0.15, -0.1) is 0 Å². The summed E-state index contributed by atoms with van der Waals surface area (Å²) in [5, 5.41) is 0. The van der Waals surface area contributed by atoms with Crippen molar-refractivity contribution in [1.82, 2.24) is 4.90 Å². The maximum atomic E-state index is 5.95. The standard InChI is InChI=1S/C22H21NO/c1-3-7-18(8-4-1)14-23-15-20-11-12-22(13-21(20)16-23)24-17-19-9-5-2-6-10-19/h1-13H,14-17H2. The number of fused-ring (bicyclic) bond motifs is 1. The van der Waals surface area contributed by atoms with Crippen LogP contribution < -0.4 is 4.74 Å². The molecule has 0 aliphatic carbocycles. The Kier molecular flexibility index (Phi) is 4.30. The highest BCUT2D eigenvalue weighted by Gasteiger charge is 2.19. The summed E-state index contributed by atoms with van der Waals surface area (Å²) in [5.74, 6) is 0.958. The lowest BCUT2D eigenvalue weighted by Crippen LogP contribution is -2.15. The van der Waals surface area contributed by atoms with Gasteiger partial charge < -0.3 is 4.74 Å². The normalized spacial score (nSPS) is 13.7. The predicted octanol–water partition coefficient (Wildman–Crippen LogP) is 4.78. The van der Waals surface area contributed by atoms with Crippen molar-refractivity contribution in [3.8, 4) is 5.75 Å². The fourth-order valence-corrected chi connectivity index (χ4v) is 3.23. The van der Waals surface area contributed by atoms with Crippen molar-refractivity contribution in [1.29, 1.82) is 0 Å². The van der Waals surface area contributed by atoms with Gasteiger partial charge in [-0.1, -0.05) is 66.7 Å². The Balaban J connectivity index is 1.40. The summed E-state index contributed by atoms with van der Waals surface area (Å²) >= 11 is 0. The van der Waals surface area contributed by atoms with Crippen LogP contribution in [0, 0.1) is 0 Å². The minimum Gasteiger partial charge on any atom is -0.489 e. The highest BCUT2D eigenvalue weighted by Crippen LogP contribution is 2.28. The van der Waals surface area contributed by atoms with E-state index in [1.807, 2.05) is 18.2 Å². The smallest absolute Gasteiger partial charge is 0.120 e. The van der Waals surface area contributed by atoms with Crippen molar-refractivity contribution in [2.24, 2.45) is 0 Å². The molecule has 1 heterocycles. The molecule has 0 atom stereocenters. The number of benzene rings is 3. The van der Waals surface area contributed by atoms with Crippen LogP contribution in [0.3, 0.4) is 0 Å². The molecule has 0 bridgehead atoms. The molecule has 2 heteroatoms. The Labute approximate surface area is 143 Å². The molecular weight excluding hydrogens is 294 g/mol. The molecule has 0 radical (unpaired) electrons. The zero-order valence-electron chi connectivity index (χ0n) is 13.7. The second kappa shape index (κ2) is 6.90. The first-order valence-electron chi connectivity index (χ1n) is 8.42. The van der Waals surface area contributed by atoms with Gasteiger partial charge in [0.05, 0.1) is 0 Å². The Morgan fingerprint density at radius 1 is 0.708 bits per heavy atom. The molecule has 0 aromatic heterocycles. The summed E-state index contributed by atoms with van der Waals surface area (Å²) in [6, 6.07) is 27.5. The quantitative estimate of drug-likeness (QED) is 0.672. The van der Waals surface area contributed by atoms with Gasteiger partial charge in [-0.25, -0.2) is 0 Å². The second-order valence-electron chi connectivity index (χ2n) is 6.34. The summed E-state index contributed by atoms with van der Waals surface area (Å²) in [6.45, 7) is 3.62. The SMILES string of the molecule is c1ccc(COc2ccc3c(c2)CN(Cc2ccccc2)C3)cc1. The van der Waals surface area contributed by atoms with Crippen LogP contribution in [0.1, 0.15) is 22.3 Å². The molecule has 1 aliphatic heterocycles. The number of hydrogen-bond donors (Lipinski definition) is 0. The second-order valence-corrected chi connectivity index (χ2v) is 6.34. The van der Waals surface area contributed by atoms with Crippen molar-refractivity contribution in [3.63, 3.8) is 0 Å². The highest BCUT2D eigenvalue weighted by molar-refractivity contribution is 5.38. The van der Waals surface area contributed by atoms with Crippen LogP contribution in [-0.2, 0) is 26.2 Å². The van der Waals surface area contributed by atoms with Crippen LogP contribution in [0.4, 0.5) is 0 Å². The first kappa shape index (κ1) is 15.0. The Morgan fingerprint density at radius 3 is 2.12 bits per heavy atom. The largest absolute Gasteiger partial charge is 0.489 e. The summed E-state index contributed by atoms with van der Waals surface area (Å²) in [6.07, 6.45) is 0. The maximum Gasteiger partial charge on any atom is 0.120 e. The van der Waals surface area contributed by atoms with Crippen molar-refractivity contribution < 1.29 is 4.74 Å². The molecule has 3 aromatic carbocycles. The minimum absolute atomic E-state index is 0.618. The number of nitrogens with zero attached hydrogens (tertiary/aromatic N) is 1. The van der Waals surface area contributed by atoms with Gasteiger partial charge in [0.2, 0.25) is 0 Å². The Hall–Kier alpha value is -2.58. The van der Waals surface area contributed by atoms with Crippen LogP contribution in [0.2, 0.25) is 0 Å². The van der Waals surface area contributed by atoms with Gasteiger partial charge in [-0.2, -0.15) is 0 Å². The summed E-state index contributed by atoms with van der Waals surface area (Å²) in [5.41, 5.74) is 5.36. The number of rotatable bonds is 5. The molecule has 24 heavy (non-hydrogen) atoms. The van der Waals surface area contributed by atoms with Gasteiger partial charge in [0.15, 0.2) is 0 Å². The van der Waals surface area contributed by atoms with Gasteiger partial charge in [-0.3, -0.25) is 4.90 Å². The summed E-state index contributed by atoms with van der Waals surface area (Å²) in [4.78, 5) is 2.47. The molecular formula is C22H21NO. The molecule has 2 nitrogen and oxygen atoms in total. The van der Waals surface area contributed by atoms with Crippen LogP contribution in [0.25, 0.3) is 0 Å². The number of ether oxygens (including phenoxy) is 1. The van der Waals surface area contributed by atoms with Crippen LogP contribution in [0.5, 0.6) is 5.75 Å². The Bertz CT molecular complexity index is 799. The molecule has 0 fully saturated rings. The van der Waals surface area contributed by atoms with E-state index < -0.39 is 0 Å². The van der Waals surface area contributed by atoms with Crippen LogP contribution >= 0.6 is 0 Å². The number of hydrogen-bond acceptors (Lipinski definition) is 2. The highest BCUT2D eigenvalue weighted by atomic mass is 16.5. The molecule has 0 spiro atoms. The molecule has 0 N–H and O–H groups in total. The monoisotopic (exact) mass is 315 g/mol. The molecule has 0 saturated carbocycles. The fourth-order valence-electron chi connectivity index (χ4n) is 3.23. The van der Waals surface area contributed by atoms with E-state index in [1.54, 1.807) is 0 Å². The molecule has 0 saturated heterocycles. The van der Waals surface area contributed by atoms with Gasteiger partial charge >= 0.3 is 0 Å². The summed E-state index contributed by atoms with van der Waals surface area (Å²) in [7, 11) is 0. The lowest BCUT2D eigenvalue weighted by Gasteiger charge is -2.14. The van der Waals surface area contributed by atoms with Crippen molar-refractivity contribution >= 4 is 0 Å². The third-order valence-electron chi connectivity index (χ3n) is 4.46. The first-order valence-corrected chi connectivity index (χ1v) is 8.42. The molecule has 3 aromatic rings. The van der Waals surface area contributed by atoms with E-state index in [4.69, 9.17) is 4.74 Å². The molecule has 4 rings (SSSR count). The molecule has 1 aliphatic rings. The maximum absolute atomic E-state index is 5.95. The van der Waals surface area contributed by atoms with Crippen molar-refractivity contribution in [2.75, 3.05) is 0 Å². The van der Waals surface area contributed by atoms with Gasteiger partial charge in [0.25, 0.3) is 0 Å². The van der Waals surface area contributed by atoms with E-state index in [9.17, 15) is 0 Å². The first-order chi connectivity index (χ1) is 11.9. The van der Waals surface area contributed by atoms with E-state index in [1.165, 1.54) is 22.3 Å². The van der Waals surface area contributed by atoms with Crippen molar-refractivity contribution in [3.05, 3.63) is 101 Å². The van der Waals surface area contributed by atoms with E-state index in [-0.39, 0.29) is 0 Å². The molecule has 0 unspecified atom stereocenters. The molecule has 120 valence electrons. The molecule has 0 amide bonds. The van der Waals surface area contributed by atoms with Gasteiger partial charge in [-0.05, 0) is 34.4 Å². The van der Waals surface area contributed by atoms with Crippen LogP contribution in [-0.4, -0.2) is 4.90 Å². The zero-order chi connectivity index (χ0) is 16.2. The zero-order valence-corrected chi connectivity index (χ0v) is 13.7.